The average molecular weight is 652 g/mol. The Morgan fingerprint density at radius 2 is 1.87 bits per heavy atom. The van der Waals surface area contributed by atoms with Crippen LogP contribution in [0.25, 0.3) is 0 Å². The molecule has 4 heterocycles. The molecule has 2 atom stereocenters. The predicted molar refractivity (Wildman–Crippen MR) is 157 cm³/mol. The van der Waals surface area contributed by atoms with Crippen LogP contribution in [0.5, 0.6) is 0 Å². The molecule has 246 valence electrons. The van der Waals surface area contributed by atoms with Crippen molar-refractivity contribution in [2.45, 2.75) is 62.4 Å². The third-order valence-corrected chi connectivity index (χ3v) is 9.22. The number of amides is 1. The fourth-order valence-corrected chi connectivity index (χ4v) is 6.62. The second-order valence-electron chi connectivity index (χ2n) is 11.7. The normalized spacial score (nSPS) is 19.8. The Kier molecular flexibility index (Phi) is 11.3. The molecule has 0 bridgehead atoms. The Labute approximate surface area is 263 Å². The molecule has 45 heavy (non-hydrogen) atoms. The molecule has 1 aromatic heterocycles. The molecule has 3 aliphatic rings. The maximum absolute atomic E-state index is 13.9. The maximum Gasteiger partial charge on any atom is 0.336 e. The van der Waals surface area contributed by atoms with Gasteiger partial charge in [0, 0.05) is 45.1 Å². The molecule has 2 unspecified atom stereocenters. The van der Waals surface area contributed by atoms with Crippen LogP contribution < -0.4 is 0 Å². The number of fused-ring (bicyclic) bond motifs is 2. The van der Waals surface area contributed by atoms with Crippen LogP contribution in [0.3, 0.4) is 0 Å². The van der Waals surface area contributed by atoms with E-state index in [0.717, 1.165) is 55.8 Å². The van der Waals surface area contributed by atoms with Crippen LogP contribution in [0.2, 0.25) is 0 Å². The number of carboxylic acids is 3. The third kappa shape index (κ3) is 8.61. The molecule has 0 saturated carbocycles. The number of likely N-dealkylation sites (N-methyl/N-ethyl adjacent to an activating group) is 1. The predicted octanol–water partition coefficient (Wildman–Crippen LogP) is 1.96. The van der Waals surface area contributed by atoms with Crippen molar-refractivity contribution < 1.29 is 53.5 Å². The summed E-state index contributed by atoms with van der Waals surface area (Å²) in [6.45, 7) is 4.23. The number of benzene rings is 1. The molecule has 15 heteroatoms. The molecule has 2 saturated heterocycles. The van der Waals surface area contributed by atoms with Crippen LogP contribution >= 0.6 is 11.3 Å². The summed E-state index contributed by atoms with van der Waals surface area (Å²) in [5.74, 6) is -5.21. The Morgan fingerprint density at radius 3 is 2.42 bits per heavy atom. The first-order valence-corrected chi connectivity index (χ1v) is 15.5. The van der Waals surface area contributed by atoms with Crippen LogP contribution in [-0.2, 0) is 47.3 Å². The topological polar surface area (TPSA) is 187 Å². The molecule has 5 rings (SSSR count). The summed E-state index contributed by atoms with van der Waals surface area (Å²) in [5, 5.41) is 35.8. The lowest BCUT2D eigenvalue weighted by Crippen LogP contribution is -2.48. The quantitative estimate of drug-likeness (QED) is 0.277. The number of ether oxygens (including phenoxy) is 2. The Bertz CT molecular complexity index is 1340. The average Bonchev–Trinajstić information content (AvgIpc) is 3.76. The third-order valence-electron chi connectivity index (χ3n) is 8.58. The Hall–Kier alpha value is -3.50. The van der Waals surface area contributed by atoms with Gasteiger partial charge in [-0.15, -0.1) is 11.3 Å². The lowest BCUT2D eigenvalue weighted by atomic mass is 9.83. The van der Waals surface area contributed by atoms with Crippen LogP contribution in [0, 0.1) is 11.7 Å². The summed E-state index contributed by atoms with van der Waals surface area (Å²) >= 11 is 1.56. The number of carbonyl (C=O) groups excluding carboxylic acids is 1. The van der Waals surface area contributed by atoms with Gasteiger partial charge in [0.25, 0.3) is 0 Å². The highest BCUT2D eigenvalue weighted by atomic mass is 32.1. The molecule has 13 nitrogen and oxygen atoms in total. The lowest BCUT2D eigenvalue weighted by molar-refractivity contribution is -0.170. The number of aliphatic carboxylic acids is 3. The van der Waals surface area contributed by atoms with Gasteiger partial charge in [0.15, 0.2) is 5.60 Å². The van der Waals surface area contributed by atoms with E-state index >= 15 is 0 Å². The molecule has 4 N–H and O–H groups in total. The van der Waals surface area contributed by atoms with Crippen LogP contribution in [0.1, 0.15) is 48.9 Å². The Balaban J connectivity index is 0.000000302. The number of aliphatic hydroxyl groups is 1. The number of carboxylic acid groups (broad SMARTS) is 3. The largest absolute Gasteiger partial charge is 0.481 e. The summed E-state index contributed by atoms with van der Waals surface area (Å²) in [6, 6.07) is 5.15. The molecule has 0 aliphatic carbocycles. The number of nitrogens with zero attached hydrogens (tertiary/aromatic N) is 3. The van der Waals surface area contributed by atoms with E-state index in [0.29, 0.717) is 26.2 Å². The number of likely N-dealkylation sites (tertiary alicyclic amines) is 1. The fraction of sp³-hybridized carbons (Fsp3) is 0.567. The highest BCUT2D eigenvalue weighted by Crippen LogP contribution is 2.44. The van der Waals surface area contributed by atoms with Gasteiger partial charge in [0.1, 0.15) is 5.82 Å². The summed E-state index contributed by atoms with van der Waals surface area (Å²) in [7, 11) is 1.90. The highest BCUT2D eigenvalue weighted by molar-refractivity contribution is 7.07. The monoisotopic (exact) mass is 651 g/mol. The number of halogens is 1. The Morgan fingerprint density at radius 1 is 1.18 bits per heavy atom. The first kappa shape index (κ1) is 34.4. The van der Waals surface area contributed by atoms with Crippen LogP contribution in [0.15, 0.2) is 29.1 Å². The molecule has 1 spiro atoms. The van der Waals surface area contributed by atoms with Gasteiger partial charge in [-0.3, -0.25) is 14.4 Å². The lowest BCUT2D eigenvalue weighted by Gasteiger charge is -2.40. The molecular weight excluding hydrogens is 613 g/mol. The maximum atomic E-state index is 13.9. The summed E-state index contributed by atoms with van der Waals surface area (Å²) in [5.41, 5.74) is 1.77. The van der Waals surface area contributed by atoms with Crippen LogP contribution in [-0.4, -0.2) is 111 Å². The number of piperidine rings is 1. The van der Waals surface area contributed by atoms with Crippen molar-refractivity contribution >= 4 is 35.2 Å². The molecule has 3 aliphatic heterocycles. The van der Waals surface area contributed by atoms with Gasteiger partial charge in [0.2, 0.25) is 5.91 Å². The number of thiazole rings is 1. The van der Waals surface area contributed by atoms with Gasteiger partial charge in [-0.25, -0.2) is 14.2 Å². The summed E-state index contributed by atoms with van der Waals surface area (Å²) < 4.78 is 25.6. The minimum Gasteiger partial charge on any atom is -0.481 e. The second-order valence-corrected chi connectivity index (χ2v) is 12.4. The van der Waals surface area contributed by atoms with E-state index in [2.05, 4.69) is 9.88 Å². The number of hydrogen-bond donors (Lipinski definition) is 4. The van der Waals surface area contributed by atoms with E-state index in [4.69, 9.17) is 29.9 Å². The molecule has 0 radical (unpaired) electrons. The van der Waals surface area contributed by atoms with Crippen molar-refractivity contribution in [1.82, 2.24) is 14.8 Å². The number of carbonyl (C=O) groups is 4. The van der Waals surface area contributed by atoms with Crippen molar-refractivity contribution in [3.8, 4) is 0 Å². The molecule has 1 amide bonds. The number of rotatable bonds is 11. The van der Waals surface area contributed by atoms with Gasteiger partial charge >= 0.3 is 17.9 Å². The van der Waals surface area contributed by atoms with Gasteiger partial charge in [-0.05, 0) is 42.5 Å². The van der Waals surface area contributed by atoms with Crippen molar-refractivity contribution in [1.29, 1.82) is 0 Å². The van der Waals surface area contributed by atoms with E-state index in [1.807, 2.05) is 28.9 Å². The molecular formula is C30H38FN3O10S. The first-order valence-electron chi connectivity index (χ1n) is 14.6. The van der Waals surface area contributed by atoms with Gasteiger partial charge in [-0.1, -0.05) is 6.07 Å². The van der Waals surface area contributed by atoms with Gasteiger partial charge in [0.05, 0.1) is 54.8 Å². The zero-order valence-electron chi connectivity index (χ0n) is 24.9. The first-order chi connectivity index (χ1) is 21.3. The van der Waals surface area contributed by atoms with E-state index in [9.17, 15) is 23.6 Å². The van der Waals surface area contributed by atoms with E-state index in [1.54, 1.807) is 17.4 Å². The highest BCUT2D eigenvalue weighted by Gasteiger charge is 2.44. The number of aromatic nitrogens is 1. The van der Waals surface area contributed by atoms with E-state index in [-0.39, 0.29) is 29.3 Å². The zero-order chi connectivity index (χ0) is 32.8. The summed E-state index contributed by atoms with van der Waals surface area (Å²) in [6.07, 6.45) is 0.877. The van der Waals surface area contributed by atoms with Gasteiger partial charge < -0.3 is 39.7 Å². The minimum atomic E-state index is -2.74. The van der Waals surface area contributed by atoms with Crippen molar-refractivity contribution in [3.63, 3.8) is 0 Å². The molecule has 2 aromatic rings. The van der Waals surface area contributed by atoms with Gasteiger partial charge in [-0.2, -0.15) is 0 Å². The zero-order valence-corrected chi connectivity index (χ0v) is 25.7. The van der Waals surface area contributed by atoms with E-state index in [1.165, 1.54) is 6.07 Å². The molecule has 1 aromatic carbocycles. The fourth-order valence-electron chi connectivity index (χ4n) is 6.04. The smallest absolute Gasteiger partial charge is 0.336 e. The second kappa shape index (κ2) is 14.7. The SMILES string of the molecule is CN(C(=O)C(Cc1cscn1)CN1CCC2(CC1)OCc1ccc(F)cc12)C1CCOC1.O=C(O)CC(O)(CC(=O)O)C(=O)O. The summed E-state index contributed by atoms with van der Waals surface area (Å²) in [4.78, 5) is 52.6. The van der Waals surface area contributed by atoms with Crippen molar-refractivity contribution in [2.75, 3.05) is 39.9 Å². The minimum absolute atomic E-state index is 0.147. The standard InChI is InChI=1S/C24H30FN3O3S.C6H8O7/c1-27(21-4-9-30-14-21)23(29)18(10-20-15-32-16-26-20)12-28-7-5-24(6-8-28)22-11-19(25)3-2-17(22)13-31-24;7-3(8)1-6(13,5(11)12)2-4(9)10/h2-3,11,15-16,18,21H,4-10,12-14H2,1H3;13H,1-2H2,(H,7,8)(H,9,10)(H,11,12). The van der Waals surface area contributed by atoms with Crippen LogP contribution in [0.4, 0.5) is 4.39 Å². The van der Waals surface area contributed by atoms with Crippen molar-refractivity contribution in [3.05, 3.63) is 51.7 Å². The van der Waals surface area contributed by atoms with E-state index < -0.39 is 36.4 Å². The molecule has 2 fully saturated rings. The van der Waals surface area contributed by atoms with Crippen molar-refractivity contribution in [2.24, 2.45) is 5.92 Å². The number of hydrogen-bond acceptors (Lipinski definition) is 10.